The molecule has 0 saturated heterocycles. The van der Waals surface area contributed by atoms with Gasteiger partial charge in [-0.15, -0.1) is 0 Å². The zero-order valence-electron chi connectivity index (χ0n) is 7.43. The molecule has 0 amide bonds. The zero-order chi connectivity index (χ0) is 12.1. The first kappa shape index (κ1) is 13.8. The average Bonchev–Trinajstić information content (AvgIpc) is 2.01. The third-order valence-corrected chi connectivity index (χ3v) is 0.819. The van der Waals surface area contributed by atoms with Crippen molar-refractivity contribution in [1.29, 1.82) is 0 Å². The first-order valence-electron chi connectivity index (χ1n) is 3.37. The van der Waals surface area contributed by atoms with E-state index < -0.39 is 22.1 Å². The van der Waals surface area contributed by atoms with Crippen molar-refractivity contribution >= 4 is 10.1 Å². The summed E-state index contributed by atoms with van der Waals surface area (Å²) >= 11 is 0. The number of aromatic nitrogens is 2. The molecule has 0 aliphatic rings. The van der Waals surface area contributed by atoms with Gasteiger partial charge in [0.05, 0.1) is 6.26 Å². The summed E-state index contributed by atoms with van der Waals surface area (Å²) in [6.07, 6.45) is -1.61. The van der Waals surface area contributed by atoms with Gasteiger partial charge >= 0.3 is 6.18 Å². The Hall–Kier alpha value is -1.22. The summed E-state index contributed by atoms with van der Waals surface area (Å²) in [7, 11) is -3.67. The minimum Gasteiger partial charge on any atom is -0.286 e. The summed E-state index contributed by atoms with van der Waals surface area (Å²) < 4.78 is 60.9. The normalized spacial score (nSPS) is 11.5. The van der Waals surface area contributed by atoms with Crippen LogP contribution in [0.4, 0.5) is 13.2 Å². The topological polar surface area (TPSA) is 80.2 Å². The lowest BCUT2D eigenvalue weighted by Gasteiger charge is -2.01. The monoisotopic (exact) mass is 244 g/mol. The second-order valence-electron chi connectivity index (χ2n) is 2.30. The summed E-state index contributed by atoms with van der Waals surface area (Å²) in [6.45, 7) is 0. The van der Waals surface area contributed by atoms with Gasteiger partial charge in [0.25, 0.3) is 10.1 Å². The van der Waals surface area contributed by atoms with Crippen molar-refractivity contribution in [3.05, 3.63) is 24.3 Å². The lowest BCUT2D eigenvalue weighted by atomic mass is 10.5. The van der Waals surface area contributed by atoms with Gasteiger partial charge in [0.2, 0.25) is 5.82 Å². The van der Waals surface area contributed by atoms with Crippen molar-refractivity contribution < 1.29 is 26.1 Å². The maximum atomic E-state index is 11.7. The lowest BCUT2D eigenvalue weighted by molar-refractivity contribution is -0.145. The van der Waals surface area contributed by atoms with E-state index in [9.17, 15) is 21.6 Å². The molecule has 9 heteroatoms. The third-order valence-electron chi connectivity index (χ3n) is 0.819. The van der Waals surface area contributed by atoms with Gasteiger partial charge in [0.1, 0.15) is 0 Å². The molecule has 0 radical (unpaired) electrons. The first-order valence-corrected chi connectivity index (χ1v) is 5.22. The summed E-state index contributed by atoms with van der Waals surface area (Å²) in [5.41, 5.74) is 0. The highest BCUT2D eigenvalue weighted by molar-refractivity contribution is 7.85. The molecule has 15 heavy (non-hydrogen) atoms. The molecule has 0 fully saturated rings. The molecule has 1 rings (SSSR count). The molecule has 1 aromatic rings. The summed E-state index contributed by atoms with van der Waals surface area (Å²) in [6, 6.07) is 1.33. The van der Waals surface area contributed by atoms with Crippen LogP contribution in [0.25, 0.3) is 0 Å². The molecule has 0 bridgehead atoms. The lowest BCUT2D eigenvalue weighted by Crippen LogP contribution is -2.09. The summed E-state index contributed by atoms with van der Waals surface area (Å²) in [4.78, 5) is 6.03. The number of rotatable bonds is 0. The number of hydrogen-bond acceptors (Lipinski definition) is 4. The third kappa shape index (κ3) is 9.09. The molecule has 86 valence electrons. The predicted octanol–water partition coefficient (Wildman–Crippen LogP) is 0.999. The molecule has 0 unspecified atom stereocenters. The Labute approximate surface area is 83.7 Å². The van der Waals surface area contributed by atoms with Crippen LogP contribution in [0, 0.1) is 0 Å². The standard InChI is InChI=1S/C5H3F3N2.CH4O3S/c6-5(7,8)4-9-2-1-3-10-4;1-5(2,3)4/h1-3H;1H3,(H,2,3,4). The van der Waals surface area contributed by atoms with Crippen molar-refractivity contribution in [2.45, 2.75) is 6.18 Å². The van der Waals surface area contributed by atoms with E-state index in [0.717, 1.165) is 12.4 Å². The second kappa shape index (κ2) is 5.03. The first-order chi connectivity index (χ1) is 6.61. The Morgan fingerprint density at radius 2 is 1.60 bits per heavy atom. The van der Waals surface area contributed by atoms with Gasteiger partial charge in [-0.05, 0) is 6.07 Å². The zero-order valence-corrected chi connectivity index (χ0v) is 8.25. The SMILES string of the molecule is CS(=O)(=O)O.FC(F)(F)c1ncccn1. The summed E-state index contributed by atoms with van der Waals surface area (Å²) in [5, 5.41) is 0. The maximum Gasteiger partial charge on any atom is 0.451 e. The van der Waals surface area contributed by atoms with Crippen LogP contribution in [-0.2, 0) is 16.3 Å². The van der Waals surface area contributed by atoms with E-state index in [2.05, 4.69) is 9.97 Å². The van der Waals surface area contributed by atoms with E-state index in [4.69, 9.17) is 4.55 Å². The van der Waals surface area contributed by atoms with Crippen LogP contribution in [0.3, 0.4) is 0 Å². The van der Waals surface area contributed by atoms with E-state index in [0.29, 0.717) is 6.26 Å². The van der Waals surface area contributed by atoms with Gasteiger partial charge in [-0.1, -0.05) is 0 Å². The predicted molar refractivity (Wildman–Crippen MR) is 44.5 cm³/mol. The summed E-state index contributed by atoms with van der Waals surface area (Å²) in [5.74, 6) is -1.10. The van der Waals surface area contributed by atoms with Gasteiger partial charge in [-0.2, -0.15) is 21.6 Å². The molecule has 1 N–H and O–H groups in total. The van der Waals surface area contributed by atoms with E-state index in [1.165, 1.54) is 6.07 Å². The second-order valence-corrected chi connectivity index (χ2v) is 3.77. The van der Waals surface area contributed by atoms with Crippen LogP contribution in [0.15, 0.2) is 18.5 Å². The molecule has 0 spiro atoms. The molecule has 0 aromatic carbocycles. The molecule has 5 nitrogen and oxygen atoms in total. The van der Waals surface area contributed by atoms with Crippen molar-refractivity contribution in [1.82, 2.24) is 9.97 Å². The molecule has 0 aliphatic carbocycles. The fourth-order valence-corrected chi connectivity index (χ4v) is 0.445. The van der Waals surface area contributed by atoms with Crippen LogP contribution in [0.5, 0.6) is 0 Å². The van der Waals surface area contributed by atoms with Gasteiger partial charge in [0, 0.05) is 12.4 Å². The van der Waals surface area contributed by atoms with Crippen molar-refractivity contribution in [3.63, 3.8) is 0 Å². The number of hydrogen-bond donors (Lipinski definition) is 1. The fourth-order valence-electron chi connectivity index (χ4n) is 0.445. The van der Waals surface area contributed by atoms with Crippen LogP contribution in [0.2, 0.25) is 0 Å². The van der Waals surface area contributed by atoms with Crippen LogP contribution >= 0.6 is 0 Å². The van der Waals surface area contributed by atoms with Crippen LogP contribution < -0.4 is 0 Å². The average molecular weight is 244 g/mol. The smallest absolute Gasteiger partial charge is 0.286 e. The van der Waals surface area contributed by atoms with E-state index in [1.807, 2.05) is 0 Å². The van der Waals surface area contributed by atoms with Crippen LogP contribution in [0.1, 0.15) is 5.82 Å². The van der Waals surface area contributed by atoms with E-state index in [-0.39, 0.29) is 0 Å². The van der Waals surface area contributed by atoms with Gasteiger partial charge < -0.3 is 0 Å². The Morgan fingerprint density at radius 1 is 1.27 bits per heavy atom. The largest absolute Gasteiger partial charge is 0.451 e. The molecule has 1 heterocycles. The molecule has 0 saturated carbocycles. The Kier molecular flexibility index (Phi) is 4.62. The van der Waals surface area contributed by atoms with Gasteiger partial charge in [-0.25, -0.2) is 9.97 Å². The highest BCUT2D eigenvalue weighted by atomic mass is 32.2. The quantitative estimate of drug-likeness (QED) is 0.688. The molecule has 0 aliphatic heterocycles. The molecule has 0 atom stereocenters. The minimum atomic E-state index is -4.43. The minimum absolute atomic E-state index is 0.715. The van der Waals surface area contributed by atoms with Crippen molar-refractivity contribution in [2.24, 2.45) is 0 Å². The van der Waals surface area contributed by atoms with E-state index in [1.54, 1.807) is 0 Å². The van der Waals surface area contributed by atoms with Gasteiger partial charge in [0.15, 0.2) is 0 Å². The highest BCUT2D eigenvalue weighted by Crippen LogP contribution is 2.24. The molecular weight excluding hydrogens is 237 g/mol. The number of nitrogens with zero attached hydrogens (tertiary/aromatic N) is 2. The Bertz CT molecular complexity index is 382. The van der Waals surface area contributed by atoms with Crippen molar-refractivity contribution in [3.8, 4) is 0 Å². The maximum absolute atomic E-state index is 11.7. The van der Waals surface area contributed by atoms with Crippen LogP contribution in [-0.4, -0.2) is 29.2 Å². The molecule has 1 aromatic heterocycles. The number of halogens is 3. The Morgan fingerprint density at radius 3 is 1.80 bits per heavy atom. The van der Waals surface area contributed by atoms with E-state index >= 15 is 0 Å². The highest BCUT2D eigenvalue weighted by Gasteiger charge is 2.33. The van der Waals surface area contributed by atoms with Crippen molar-refractivity contribution in [2.75, 3.05) is 6.26 Å². The Balaban J connectivity index is 0.000000336. The fraction of sp³-hybridized carbons (Fsp3) is 0.333. The van der Waals surface area contributed by atoms with Gasteiger partial charge in [-0.3, -0.25) is 4.55 Å². The molecular formula is C6H7F3N2O3S. The number of alkyl halides is 3.